The second-order valence-electron chi connectivity index (χ2n) is 6.17. The van der Waals surface area contributed by atoms with Crippen LogP contribution in [0.1, 0.15) is 39.5 Å². The van der Waals surface area contributed by atoms with E-state index < -0.39 is 0 Å². The predicted octanol–water partition coefficient (Wildman–Crippen LogP) is 2.41. The standard InChI is InChI=1S/C12H21N/c1-12(2)7-3-4-8(10(12)5-7)9-6-11(9)13/h7-11H,3-6,13H2,1-2H3/t7-,8?,9-,10-,11+/m0/s1. The summed E-state index contributed by atoms with van der Waals surface area (Å²) in [6.45, 7) is 4.96. The van der Waals surface area contributed by atoms with Crippen molar-refractivity contribution in [3.05, 3.63) is 0 Å². The number of rotatable bonds is 1. The Kier molecular flexibility index (Phi) is 1.47. The van der Waals surface area contributed by atoms with E-state index in [4.69, 9.17) is 5.73 Å². The van der Waals surface area contributed by atoms with Crippen LogP contribution in [-0.2, 0) is 0 Å². The van der Waals surface area contributed by atoms with Crippen LogP contribution in [0.25, 0.3) is 0 Å². The van der Waals surface area contributed by atoms with Gasteiger partial charge in [0.1, 0.15) is 0 Å². The van der Waals surface area contributed by atoms with Crippen LogP contribution in [0, 0.1) is 29.1 Å². The normalized spacial score (nSPS) is 57.0. The van der Waals surface area contributed by atoms with Crippen molar-refractivity contribution in [2.45, 2.75) is 45.6 Å². The molecule has 0 aromatic rings. The first-order valence-corrected chi connectivity index (χ1v) is 5.86. The molecule has 0 aromatic carbocycles. The van der Waals surface area contributed by atoms with E-state index in [0.29, 0.717) is 11.5 Å². The summed E-state index contributed by atoms with van der Waals surface area (Å²) < 4.78 is 0. The van der Waals surface area contributed by atoms with E-state index in [1.54, 1.807) is 0 Å². The van der Waals surface area contributed by atoms with Crippen LogP contribution in [0.2, 0.25) is 0 Å². The molecule has 4 rings (SSSR count). The molecule has 2 N–H and O–H groups in total. The highest BCUT2D eigenvalue weighted by Gasteiger charge is 2.58. The summed E-state index contributed by atoms with van der Waals surface area (Å²) in [5.74, 6) is 3.97. The summed E-state index contributed by atoms with van der Waals surface area (Å²) >= 11 is 0. The molecule has 4 saturated carbocycles. The fraction of sp³-hybridized carbons (Fsp3) is 1.00. The largest absolute Gasteiger partial charge is 0.327 e. The Morgan fingerprint density at radius 2 is 1.77 bits per heavy atom. The molecule has 13 heavy (non-hydrogen) atoms. The van der Waals surface area contributed by atoms with Gasteiger partial charge in [0.25, 0.3) is 0 Å². The SMILES string of the molecule is CC1(C)[C@H]2CCC([C@@H]3C[C@H]3N)[C@@H]1C2. The van der Waals surface area contributed by atoms with Crippen molar-refractivity contribution in [1.29, 1.82) is 0 Å². The van der Waals surface area contributed by atoms with Gasteiger partial charge < -0.3 is 5.73 Å². The number of fused-ring (bicyclic) bond motifs is 2. The van der Waals surface area contributed by atoms with Crippen LogP contribution in [0.3, 0.4) is 0 Å². The average Bonchev–Trinajstić information content (AvgIpc) is 2.82. The van der Waals surface area contributed by atoms with Crippen LogP contribution in [-0.4, -0.2) is 6.04 Å². The minimum Gasteiger partial charge on any atom is -0.327 e. The number of nitrogens with two attached hydrogens (primary N) is 1. The zero-order valence-corrected chi connectivity index (χ0v) is 8.79. The first kappa shape index (κ1) is 8.28. The molecule has 1 nitrogen and oxygen atoms in total. The Morgan fingerprint density at radius 3 is 2.23 bits per heavy atom. The van der Waals surface area contributed by atoms with Crippen molar-refractivity contribution in [1.82, 2.24) is 0 Å². The molecule has 5 atom stereocenters. The van der Waals surface area contributed by atoms with E-state index in [0.717, 1.165) is 23.7 Å². The quantitative estimate of drug-likeness (QED) is 0.657. The van der Waals surface area contributed by atoms with Crippen LogP contribution in [0.5, 0.6) is 0 Å². The minimum absolute atomic E-state index is 0.568. The van der Waals surface area contributed by atoms with Crippen molar-refractivity contribution >= 4 is 0 Å². The highest BCUT2D eigenvalue weighted by molar-refractivity contribution is 5.09. The van der Waals surface area contributed by atoms with Gasteiger partial charge in [0.15, 0.2) is 0 Å². The van der Waals surface area contributed by atoms with Gasteiger partial charge in [-0.3, -0.25) is 0 Å². The molecule has 0 heterocycles. The molecule has 0 radical (unpaired) electrons. The van der Waals surface area contributed by atoms with Gasteiger partial charge in [0.05, 0.1) is 0 Å². The summed E-state index contributed by atoms with van der Waals surface area (Å²) in [6.07, 6.45) is 5.80. The molecule has 1 unspecified atom stereocenters. The molecule has 1 heteroatoms. The molecular formula is C12H21N. The summed E-state index contributed by atoms with van der Waals surface area (Å²) in [7, 11) is 0. The van der Waals surface area contributed by atoms with E-state index in [9.17, 15) is 0 Å². The monoisotopic (exact) mass is 179 g/mol. The first-order chi connectivity index (χ1) is 6.10. The summed E-state index contributed by atoms with van der Waals surface area (Å²) in [6, 6.07) is 0.568. The fourth-order valence-corrected chi connectivity index (χ4v) is 4.11. The summed E-state index contributed by atoms with van der Waals surface area (Å²) in [5.41, 5.74) is 6.62. The Balaban J connectivity index is 1.77. The van der Waals surface area contributed by atoms with Gasteiger partial charge in [-0.2, -0.15) is 0 Å². The lowest BCUT2D eigenvalue weighted by Crippen LogP contribution is -2.53. The van der Waals surface area contributed by atoms with Gasteiger partial charge in [0, 0.05) is 6.04 Å². The molecule has 0 aliphatic heterocycles. The van der Waals surface area contributed by atoms with Crippen molar-refractivity contribution in [2.75, 3.05) is 0 Å². The van der Waals surface area contributed by atoms with Crippen molar-refractivity contribution in [3.8, 4) is 0 Å². The highest BCUT2D eigenvalue weighted by atomic mass is 14.8. The second-order valence-corrected chi connectivity index (χ2v) is 6.17. The lowest BCUT2D eigenvalue weighted by Gasteiger charge is -2.60. The van der Waals surface area contributed by atoms with Gasteiger partial charge in [-0.25, -0.2) is 0 Å². The highest BCUT2D eigenvalue weighted by Crippen LogP contribution is 2.65. The summed E-state index contributed by atoms with van der Waals surface area (Å²) in [4.78, 5) is 0. The van der Waals surface area contributed by atoms with Crippen LogP contribution in [0.4, 0.5) is 0 Å². The molecule has 74 valence electrons. The lowest BCUT2D eigenvalue weighted by molar-refractivity contribution is -0.111. The van der Waals surface area contributed by atoms with Gasteiger partial charge in [0.2, 0.25) is 0 Å². The third kappa shape index (κ3) is 0.971. The smallest absolute Gasteiger partial charge is 0.00738 e. The topological polar surface area (TPSA) is 26.0 Å². The maximum absolute atomic E-state index is 5.97. The molecule has 2 bridgehead atoms. The zero-order chi connectivity index (χ0) is 9.22. The van der Waals surface area contributed by atoms with Crippen molar-refractivity contribution < 1.29 is 0 Å². The number of hydrogen-bond donors (Lipinski definition) is 1. The maximum Gasteiger partial charge on any atom is 0.00738 e. The van der Waals surface area contributed by atoms with Crippen molar-refractivity contribution in [2.24, 2.45) is 34.8 Å². The Labute approximate surface area is 81.1 Å². The van der Waals surface area contributed by atoms with Gasteiger partial charge in [-0.05, 0) is 54.8 Å². The van der Waals surface area contributed by atoms with E-state index in [2.05, 4.69) is 13.8 Å². The molecular weight excluding hydrogens is 158 g/mol. The Morgan fingerprint density at radius 1 is 1.08 bits per heavy atom. The van der Waals surface area contributed by atoms with Gasteiger partial charge in [-0.1, -0.05) is 13.8 Å². The van der Waals surface area contributed by atoms with E-state index in [-0.39, 0.29) is 0 Å². The molecule has 0 aromatic heterocycles. The van der Waals surface area contributed by atoms with Gasteiger partial charge >= 0.3 is 0 Å². The molecule has 4 aliphatic rings. The third-order valence-electron chi connectivity index (χ3n) is 5.35. The minimum atomic E-state index is 0.568. The third-order valence-corrected chi connectivity index (χ3v) is 5.35. The molecule has 4 fully saturated rings. The second kappa shape index (κ2) is 2.31. The molecule has 0 spiro atoms. The van der Waals surface area contributed by atoms with E-state index in [1.807, 2.05) is 0 Å². The lowest BCUT2D eigenvalue weighted by atomic mass is 9.45. The Bertz CT molecular complexity index is 231. The van der Waals surface area contributed by atoms with Gasteiger partial charge in [-0.15, -0.1) is 0 Å². The predicted molar refractivity (Wildman–Crippen MR) is 54.2 cm³/mol. The van der Waals surface area contributed by atoms with Crippen molar-refractivity contribution in [3.63, 3.8) is 0 Å². The maximum atomic E-state index is 5.97. The van der Waals surface area contributed by atoms with Crippen LogP contribution in [0.15, 0.2) is 0 Å². The fourth-order valence-electron chi connectivity index (χ4n) is 4.11. The van der Waals surface area contributed by atoms with E-state index >= 15 is 0 Å². The average molecular weight is 179 g/mol. The van der Waals surface area contributed by atoms with Crippen LogP contribution >= 0.6 is 0 Å². The van der Waals surface area contributed by atoms with E-state index in [1.165, 1.54) is 25.7 Å². The molecule has 0 saturated heterocycles. The Hall–Kier alpha value is -0.0400. The molecule has 4 aliphatic carbocycles. The number of hydrogen-bond acceptors (Lipinski definition) is 1. The summed E-state index contributed by atoms with van der Waals surface area (Å²) in [5, 5.41) is 0. The molecule has 0 amide bonds. The van der Waals surface area contributed by atoms with Crippen LogP contribution < -0.4 is 5.73 Å². The first-order valence-electron chi connectivity index (χ1n) is 5.86. The zero-order valence-electron chi connectivity index (χ0n) is 8.79.